The standard InChI is InChI=1S/C51H59N4O.Pt/c1-30-31(2)33(4)48(34(5)32(30)3)54-29-53(35(6)36(54)7)40-23-39(51(14,15)16)24-42(27-40)56-41-18-19-43-44-25-37(49(8,9)10)17-20-45(44)55(46(43)28-41)47-26-38(21-22-52-47)50(11,12)13;/h17-26,29H,1-16H3;/q-3;. The molecule has 5 nitrogen and oxygen atoms in total. The third-order valence-electron chi connectivity index (χ3n) is 12.2. The third kappa shape index (κ3) is 7.58. The van der Waals surface area contributed by atoms with Gasteiger partial charge >= 0.3 is 0 Å². The quantitative estimate of drug-likeness (QED) is 0.161. The predicted octanol–water partition coefficient (Wildman–Crippen LogP) is 13.7. The van der Waals surface area contributed by atoms with Gasteiger partial charge in [0.1, 0.15) is 5.82 Å². The molecule has 0 atom stereocenters. The van der Waals surface area contributed by atoms with Crippen molar-refractivity contribution in [2.75, 3.05) is 9.80 Å². The summed E-state index contributed by atoms with van der Waals surface area (Å²) in [5, 5.41) is 2.29. The van der Waals surface area contributed by atoms with Crippen molar-refractivity contribution in [3.8, 4) is 17.3 Å². The zero-order valence-electron chi connectivity index (χ0n) is 36.9. The molecule has 0 fully saturated rings. The van der Waals surface area contributed by atoms with Crippen molar-refractivity contribution >= 4 is 33.2 Å². The Hall–Kier alpha value is -4.34. The van der Waals surface area contributed by atoms with Crippen LogP contribution in [-0.4, -0.2) is 9.55 Å². The van der Waals surface area contributed by atoms with Gasteiger partial charge in [0.15, 0.2) is 0 Å². The molecule has 0 saturated heterocycles. The van der Waals surface area contributed by atoms with Crippen LogP contribution in [0.5, 0.6) is 11.5 Å². The van der Waals surface area contributed by atoms with Crippen LogP contribution in [0, 0.1) is 53.4 Å². The van der Waals surface area contributed by atoms with E-state index in [-0.39, 0.29) is 37.3 Å². The molecular formula is C51H59N4OPt-3. The molecule has 0 N–H and O–H groups in total. The minimum atomic E-state index is -0.124. The van der Waals surface area contributed by atoms with Crippen molar-refractivity contribution in [1.82, 2.24) is 9.55 Å². The number of hydrogen-bond acceptors (Lipinski definition) is 4. The van der Waals surface area contributed by atoms with E-state index in [0.29, 0.717) is 11.5 Å². The van der Waals surface area contributed by atoms with Gasteiger partial charge in [-0.2, -0.15) is 6.07 Å². The summed E-state index contributed by atoms with van der Waals surface area (Å²) in [6.45, 7) is 38.1. The molecule has 0 bridgehead atoms. The Bertz CT molecular complexity index is 2540. The summed E-state index contributed by atoms with van der Waals surface area (Å²) in [7, 11) is 0. The first kappa shape index (κ1) is 42.3. The Morgan fingerprint density at radius 2 is 1.14 bits per heavy atom. The molecule has 0 amide bonds. The van der Waals surface area contributed by atoms with Crippen molar-refractivity contribution in [3.63, 3.8) is 0 Å². The number of nitrogens with zero attached hydrogens (tertiary/aromatic N) is 4. The summed E-state index contributed by atoms with van der Waals surface area (Å²) in [6.07, 6.45) is 1.92. The summed E-state index contributed by atoms with van der Waals surface area (Å²) in [4.78, 5) is 9.53. The molecule has 6 aromatic rings. The maximum absolute atomic E-state index is 6.81. The summed E-state index contributed by atoms with van der Waals surface area (Å²) in [5.74, 6) is 2.15. The molecule has 57 heavy (non-hydrogen) atoms. The molecule has 7 rings (SSSR count). The fourth-order valence-corrected chi connectivity index (χ4v) is 7.91. The SMILES string of the molecule is CC1=C(C)N(c2c(C)c(C)c(C)c(C)c2C)[CH-]N1c1[c-]c(Oc2[c-]c3c(cc2)c2cc(C(C)(C)C)ccc2n3-c2cc(C(C)(C)C)ccn2)cc(C(C)(C)C)c1.[Pt]. The summed E-state index contributed by atoms with van der Waals surface area (Å²) in [6, 6.07) is 27.1. The first-order chi connectivity index (χ1) is 26.1. The van der Waals surface area contributed by atoms with Crippen LogP contribution < -0.4 is 14.5 Å². The fourth-order valence-electron chi connectivity index (χ4n) is 7.91. The van der Waals surface area contributed by atoms with Gasteiger partial charge < -0.3 is 19.1 Å². The maximum Gasteiger partial charge on any atom is 0.135 e. The van der Waals surface area contributed by atoms with Gasteiger partial charge in [0.2, 0.25) is 0 Å². The molecule has 6 heteroatoms. The summed E-state index contributed by atoms with van der Waals surface area (Å²) in [5.41, 5.74) is 16.8. The van der Waals surface area contributed by atoms with Crippen LogP contribution in [0.1, 0.15) is 121 Å². The van der Waals surface area contributed by atoms with Gasteiger partial charge in [-0.25, -0.2) is 4.98 Å². The number of rotatable bonds is 5. The molecule has 0 radical (unpaired) electrons. The van der Waals surface area contributed by atoms with Crippen LogP contribution in [0.3, 0.4) is 0 Å². The monoisotopic (exact) mass is 938 g/mol. The Morgan fingerprint density at radius 3 is 1.75 bits per heavy atom. The molecule has 2 aromatic heterocycles. The van der Waals surface area contributed by atoms with Crippen LogP contribution in [-0.2, 0) is 37.3 Å². The number of anilines is 2. The molecule has 0 saturated carbocycles. The van der Waals surface area contributed by atoms with E-state index in [0.717, 1.165) is 33.6 Å². The van der Waals surface area contributed by atoms with Gasteiger partial charge in [0, 0.05) is 61.4 Å². The Labute approximate surface area is 356 Å². The van der Waals surface area contributed by atoms with Gasteiger partial charge in [0.05, 0.1) is 0 Å². The van der Waals surface area contributed by atoms with Gasteiger partial charge in [-0.05, 0) is 127 Å². The number of fused-ring (bicyclic) bond motifs is 3. The number of allylic oxidation sites excluding steroid dienone is 2. The second-order valence-corrected chi connectivity index (χ2v) is 19.0. The van der Waals surface area contributed by atoms with Crippen molar-refractivity contribution in [2.24, 2.45) is 0 Å². The van der Waals surface area contributed by atoms with Crippen molar-refractivity contribution in [3.05, 3.63) is 135 Å². The normalized spacial score (nSPS) is 14.0. The summed E-state index contributed by atoms with van der Waals surface area (Å²) >= 11 is 0. The van der Waals surface area contributed by atoms with Crippen LogP contribution >= 0.6 is 0 Å². The molecule has 0 aliphatic carbocycles. The van der Waals surface area contributed by atoms with E-state index in [1.807, 2.05) is 12.3 Å². The van der Waals surface area contributed by atoms with Gasteiger partial charge in [-0.15, -0.1) is 53.6 Å². The zero-order chi connectivity index (χ0) is 40.8. The molecule has 302 valence electrons. The topological polar surface area (TPSA) is 33.5 Å². The molecular weight excluding hydrogens is 880 g/mol. The largest absolute Gasteiger partial charge is 0.509 e. The van der Waals surface area contributed by atoms with E-state index in [1.165, 1.54) is 61.3 Å². The molecule has 1 aliphatic heterocycles. The van der Waals surface area contributed by atoms with E-state index in [9.17, 15) is 0 Å². The maximum atomic E-state index is 6.81. The number of benzene rings is 4. The second-order valence-electron chi connectivity index (χ2n) is 19.0. The Balaban J connectivity index is 0.00000549. The van der Waals surface area contributed by atoms with Crippen molar-refractivity contribution < 1.29 is 25.8 Å². The average molecular weight is 939 g/mol. The van der Waals surface area contributed by atoms with E-state index < -0.39 is 0 Å². The molecule has 1 aliphatic rings. The first-order valence-corrected chi connectivity index (χ1v) is 20.0. The minimum Gasteiger partial charge on any atom is -0.509 e. The van der Waals surface area contributed by atoms with Gasteiger partial charge in [0.25, 0.3) is 0 Å². The smallest absolute Gasteiger partial charge is 0.135 e. The zero-order valence-corrected chi connectivity index (χ0v) is 39.1. The van der Waals surface area contributed by atoms with Crippen LogP contribution in [0.4, 0.5) is 11.4 Å². The first-order valence-electron chi connectivity index (χ1n) is 20.0. The third-order valence-corrected chi connectivity index (χ3v) is 12.2. The van der Waals surface area contributed by atoms with Gasteiger partial charge in [-0.1, -0.05) is 80.0 Å². The number of ether oxygens (including phenoxy) is 1. The minimum absolute atomic E-state index is 0. The number of pyridine rings is 1. The van der Waals surface area contributed by atoms with Crippen LogP contribution in [0.2, 0.25) is 0 Å². The second kappa shape index (κ2) is 14.8. The summed E-state index contributed by atoms with van der Waals surface area (Å²) < 4.78 is 9.05. The number of hydrogen-bond donors (Lipinski definition) is 0. The van der Waals surface area contributed by atoms with Crippen LogP contribution in [0.25, 0.3) is 27.6 Å². The van der Waals surface area contributed by atoms with Gasteiger partial charge in [-0.3, -0.25) is 0 Å². The van der Waals surface area contributed by atoms with E-state index in [2.05, 4.69) is 192 Å². The fraction of sp³-hybridized carbons (Fsp3) is 0.373. The molecule has 0 unspecified atom stereocenters. The van der Waals surface area contributed by atoms with Crippen LogP contribution in [0.15, 0.2) is 72.2 Å². The van der Waals surface area contributed by atoms with Crippen molar-refractivity contribution in [1.29, 1.82) is 0 Å². The van der Waals surface area contributed by atoms with Crippen molar-refractivity contribution in [2.45, 2.75) is 127 Å². The average Bonchev–Trinajstić information content (AvgIpc) is 3.61. The van der Waals surface area contributed by atoms with E-state index >= 15 is 0 Å². The molecule has 3 heterocycles. The predicted molar refractivity (Wildman–Crippen MR) is 237 cm³/mol. The Kier molecular flexibility index (Phi) is 11.0. The van der Waals surface area contributed by atoms with E-state index in [4.69, 9.17) is 9.72 Å². The Morgan fingerprint density at radius 1 is 0.561 bits per heavy atom. The molecule has 4 aromatic carbocycles. The molecule has 0 spiro atoms. The van der Waals surface area contributed by atoms with E-state index in [1.54, 1.807) is 0 Å². The number of aromatic nitrogens is 2.